The quantitative estimate of drug-likeness (QED) is 0.127. The van der Waals surface area contributed by atoms with Gasteiger partial charge in [0.1, 0.15) is 22.9 Å². The molecule has 37 heavy (non-hydrogen) atoms. The Morgan fingerprint density at radius 1 is 0.595 bits per heavy atom. The monoisotopic (exact) mass is 586 g/mol. The fourth-order valence-electron chi connectivity index (χ4n) is 3.13. The maximum atomic E-state index is 11.4. The summed E-state index contributed by atoms with van der Waals surface area (Å²) in [5, 5.41) is 36.9. The van der Waals surface area contributed by atoms with E-state index in [2.05, 4.69) is 20.5 Å². The van der Waals surface area contributed by atoms with Gasteiger partial charge in [-0.15, -0.1) is 10.2 Å². The molecule has 4 rings (SSSR count). The second kappa shape index (κ2) is 10.7. The first-order chi connectivity index (χ1) is 16.9. The summed E-state index contributed by atoms with van der Waals surface area (Å²) < 4.78 is 63.6. The van der Waals surface area contributed by atoms with Crippen molar-refractivity contribution in [3.63, 3.8) is 0 Å². The molecule has 0 amide bonds. The molecule has 0 saturated heterocycles. The van der Waals surface area contributed by atoms with Gasteiger partial charge in [0.05, 0.1) is 21.2 Å². The number of rotatable bonds is 6. The van der Waals surface area contributed by atoms with Gasteiger partial charge < -0.3 is 10.2 Å². The second-order valence-electron chi connectivity index (χ2n) is 7.34. The Morgan fingerprint density at radius 3 is 1.89 bits per heavy atom. The first-order valence-corrected chi connectivity index (χ1v) is 12.8. The summed E-state index contributed by atoms with van der Waals surface area (Å²) in [6.07, 6.45) is 0. The van der Waals surface area contributed by atoms with E-state index in [1.807, 2.05) is 0 Å². The van der Waals surface area contributed by atoms with Crippen LogP contribution in [0.15, 0.2) is 103 Å². The SMILES string of the molecule is O=S(=O)(O)c1cccc(N=Nc2ccc(N=Nc3c(O)ccc4cc(S(=O)(=O)O)ccc34)c(O)c2)c1.[Ni]. The predicted octanol–water partition coefficient (Wildman–Crippen LogP) is 5.57. The Labute approximate surface area is 220 Å². The van der Waals surface area contributed by atoms with Crippen LogP contribution in [0.2, 0.25) is 0 Å². The molecule has 0 aliphatic heterocycles. The minimum atomic E-state index is -4.42. The summed E-state index contributed by atoms with van der Waals surface area (Å²) >= 11 is 0. The molecule has 0 aliphatic carbocycles. The minimum Gasteiger partial charge on any atom is -0.506 e. The summed E-state index contributed by atoms with van der Waals surface area (Å²) in [6, 6.07) is 15.7. The van der Waals surface area contributed by atoms with E-state index in [-0.39, 0.29) is 60.5 Å². The number of benzene rings is 4. The molecular formula is C22H16N4NiO8S2. The van der Waals surface area contributed by atoms with Crippen molar-refractivity contribution in [2.24, 2.45) is 20.5 Å². The van der Waals surface area contributed by atoms with Gasteiger partial charge in [-0.05, 0) is 53.9 Å². The molecule has 0 spiro atoms. The average Bonchev–Trinajstić information content (AvgIpc) is 2.82. The molecule has 0 saturated carbocycles. The molecule has 4 aromatic carbocycles. The number of fused-ring (bicyclic) bond motifs is 1. The molecule has 0 unspecified atom stereocenters. The molecule has 4 aromatic rings. The Morgan fingerprint density at radius 2 is 1.24 bits per heavy atom. The van der Waals surface area contributed by atoms with E-state index in [0.29, 0.717) is 10.8 Å². The molecule has 0 aliphatic rings. The third-order valence-corrected chi connectivity index (χ3v) is 6.55. The molecule has 0 radical (unpaired) electrons. The number of phenols is 2. The first-order valence-electron chi connectivity index (χ1n) is 9.89. The van der Waals surface area contributed by atoms with Gasteiger partial charge in [-0.2, -0.15) is 27.1 Å². The standard InChI is InChI=1S/C22H16N4O8S2.Ni/c27-20-9-4-13-10-17(36(32,33)34)6-7-18(13)22(20)26-25-19-8-5-15(12-21(19)28)24-23-14-2-1-3-16(11-14)35(29,30)31;/h1-12,27-28H,(H,29,30,31)(H,32,33,34);. The molecule has 0 aromatic heterocycles. The fraction of sp³-hybridized carbons (Fsp3) is 0. The van der Waals surface area contributed by atoms with E-state index in [0.717, 1.165) is 12.1 Å². The van der Waals surface area contributed by atoms with Crippen LogP contribution >= 0.6 is 0 Å². The summed E-state index contributed by atoms with van der Waals surface area (Å²) in [5.41, 5.74) is 0.385. The van der Waals surface area contributed by atoms with Crippen molar-refractivity contribution in [2.45, 2.75) is 9.79 Å². The zero-order chi connectivity index (χ0) is 26.1. The summed E-state index contributed by atoms with van der Waals surface area (Å²) in [5.74, 6) is -0.571. The molecule has 0 bridgehead atoms. The number of aromatic hydroxyl groups is 2. The van der Waals surface area contributed by atoms with Crippen molar-refractivity contribution in [1.82, 2.24) is 0 Å². The summed E-state index contributed by atoms with van der Waals surface area (Å²) in [6.45, 7) is 0. The zero-order valence-electron chi connectivity index (χ0n) is 18.3. The Hall–Kier alpha value is -3.75. The van der Waals surface area contributed by atoms with Gasteiger partial charge in [-0.1, -0.05) is 18.2 Å². The number of azo groups is 2. The van der Waals surface area contributed by atoms with Crippen LogP contribution in [0.25, 0.3) is 10.8 Å². The van der Waals surface area contributed by atoms with E-state index in [1.54, 1.807) is 0 Å². The van der Waals surface area contributed by atoms with Crippen molar-refractivity contribution in [2.75, 3.05) is 0 Å². The van der Waals surface area contributed by atoms with Crippen LogP contribution in [0.4, 0.5) is 22.7 Å². The molecule has 0 heterocycles. The Balaban J connectivity index is 0.00000380. The molecular weight excluding hydrogens is 571 g/mol. The number of phenolic OH excluding ortho intramolecular Hbond substituents is 2. The number of nitrogens with zero attached hydrogens (tertiary/aromatic N) is 4. The number of hydrogen-bond donors (Lipinski definition) is 4. The van der Waals surface area contributed by atoms with Crippen molar-refractivity contribution in [3.05, 3.63) is 72.8 Å². The van der Waals surface area contributed by atoms with Crippen LogP contribution < -0.4 is 0 Å². The van der Waals surface area contributed by atoms with Crippen LogP contribution in [0.1, 0.15) is 0 Å². The van der Waals surface area contributed by atoms with Crippen molar-refractivity contribution >= 4 is 53.8 Å². The van der Waals surface area contributed by atoms with Crippen molar-refractivity contribution in [1.29, 1.82) is 0 Å². The molecule has 194 valence electrons. The third-order valence-electron chi connectivity index (χ3n) is 4.85. The van der Waals surface area contributed by atoms with Crippen LogP contribution in [0, 0.1) is 0 Å². The maximum Gasteiger partial charge on any atom is 0.294 e. The van der Waals surface area contributed by atoms with Crippen molar-refractivity contribution < 1.29 is 52.6 Å². The fourth-order valence-corrected chi connectivity index (χ4v) is 4.17. The van der Waals surface area contributed by atoms with Crippen LogP contribution in [0.5, 0.6) is 11.5 Å². The normalized spacial score (nSPS) is 12.3. The first kappa shape index (κ1) is 27.8. The van der Waals surface area contributed by atoms with Gasteiger partial charge in [0, 0.05) is 27.9 Å². The summed E-state index contributed by atoms with van der Waals surface area (Å²) in [7, 11) is -8.81. The second-order valence-corrected chi connectivity index (χ2v) is 10.2. The van der Waals surface area contributed by atoms with Gasteiger partial charge in [-0.25, -0.2) is 0 Å². The topological polar surface area (TPSA) is 199 Å². The average molecular weight is 587 g/mol. The molecule has 0 fully saturated rings. The van der Waals surface area contributed by atoms with Crippen LogP contribution in [0.3, 0.4) is 0 Å². The van der Waals surface area contributed by atoms with E-state index in [9.17, 15) is 31.6 Å². The largest absolute Gasteiger partial charge is 0.506 e. The van der Waals surface area contributed by atoms with Gasteiger partial charge in [0.15, 0.2) is 0 Å². The Bertz CT molecular complexity index is 1780. The van der Waals surface area contributed by atoms with E-state index < -0.39 is 20.2 Å². The molecule has 4 N–H and O–H groups in total. The maximum absolute atomic E-state index is 11.4. The molecule has 12 nitrogen and oxygen atoms in total. The van der Waals surface area contributed by atoms with Crippen LogP contribution in [-0.2, 0) is 36.7 Å². The third kappa shape index (κ3) is 6.53. The van der Waals surface area contributed by atoms with Crippen molar-refractivity contribution in [3.8, 4) is 11.5 Å². The minimum absolute atomic E-state index is 0. The Kier molecular flexibility index (Phi) is 8.05. The van der Waals surface area contributed by atoms with Crippen LogP contribution in [-0.4, -0.2) is 36.2 Å². The van der Waals surface area contributed by atoms with E-state index in [4.69, 9.17) is 4.55 Å². The predicted molar refractivity (Wildman–Crippen MR) is 128 cm³/mol. The number of hydrogen-bond acceptors (Lipinski definition) is 10. The summed E-state index contributed by atoms with van der Waals surface area (Å²) in [4.78, 5) is -0.667. The zero-order valence-corrected chi connectivity index (χ0v) is 20.9. The van der Waals surface area contributed by atoms with Gasteiger partial charge >= 0.3 is 0 Å². The van der Waals surface area contributed by atoms with Gasteiger partial charge in [-0.3, -0.25) is 9.11 Å². The molecule has 15 heteroatoms. The smallest absolute Gasteiger partial charge is 0.294 e. The van der Waals surface area contributed by atoms with Gasteiger partial charge in [0.25, 0.3) is 20.2 Å². The van der Waals surface area contributed by atoms with E-state index in [1.165, 1.54) is 60.7 Å². The van der Waals surface area contributed by atoms with E-state index >= 15 is 0 Å². The van der Waals surface area contributed by atoms with Gasteiger partial charge in [0.2, 0.25) is 0 Å². The molecule has 0 atom stereocenters.